The number of rotatable bonds is 4. The fourth-order valence-corrected chi connectivity index (χ4v) is 6.54. The molecule has 0 unspecified atom stereocenters. The summed E-state index contributed by atoms with van der Waals surface area (Å²) in [4.78, 5) is 13.2. The molecule has 2 fully saturated rings. The molecule has 6 heteroatoms. The monoisotopic (exact) mass is 427 g/mol. The maximum atomic E-state index is 13.8. The van der Waals surface area contributed by atoms with Gasteiger partial charge in [0.25, 0.3) is 0 Å². The number of carbonyl (C=O) groups is 1. The van der Waals surface area contributed by atoms with E-state index in [9.17, 15) is 13.2 Å². The van der Waals surface area contributed by atoms with Gasteiger partial charge in [-0.2, -0.15) is 4.31 Å². The van der Waals surface area contributed by atoms with Crippen LogP contribution >= 0.6 is 0 Å². The molecule has 1 aliphatic carbocycles. The molecule has 0 radical (unpaired) electrons. The Morgan fingerprint density at radius 2 is 1.70 bits per heavy atom. The van der Waals surface area contributed by atoms with Crippen molar-refractivity contribution in [2.45, 2.75) is 69.7 Å². The van der Waals surface area contributed by atoms with Crippen LogP contribution in [-0.2, 0) is 19.6 Å². The lowest BCUT2D eigenvalue weighted by Crippen LogP contribution is -2.52. The third kappa shape index (κ3) is 3.51. The van der Waals surface area contributed by atoms with Crippen molar-refractivity contribution in [3.63, 3.8) is 0 Å². The Labute approximate surface area is 179 Å². The lowest BCUT2D eigenvalue weighted by Gasteiger charge is -2.40. The first kappa shape index (κ1) is 21.2. The lowest BCUT2D eigenvalue weighted by molar-refractivity contribution is -0.145. The molecule has 0 amide bonds. The molecule has 30 heavy (non-hydrogen) atoms. The Kier molecular flexibility index (Phi) is 5.60. The molecule has 1 saturated heterocycles. The molecule has 5 nitrogen and oxygen atoms in total. The van der Waals surface area contributed by atoms with Crippen LogP contribution in [0.25, 0.3) is 0 Å². The minimum atomic E-state index is -3.85. The highest BCUT2D eigenvalue weighted by Gasteiger charge is 2.57. The molecule has 0 N–H and O–H groups in total. The van der Waals surface area contributed by atoms with Crippen LogP contribution in [0.1, 0.15) is 56.8 Å². The second kappa shape index (κ2) is 7.91. The lowest BCUT2D eigenvalue weighted by atomic mass is 9.73. The van der Waals surface area contributed by atoms with Gasteiger partial charge in [-0.3, -0.25) is 4.79 Å². The number of hydrogen-bond donors (Lipinski definition) is 0. The second-order valence-corrected chi connectivity index (χ2v) is 10.6. The standard InChI is InChI=1S/C24H29NO4S/c1-17-12-14-20(15-13-17)30(27,28)25-18(2)22(19-9-5-4-6-10-19)29-23(25)24(3)16-8-7-11-21(24)26/h4-6,9-10,12-15,18,22-23H,7-8,11,16H2,1-3H3/t18-,22+,23-,24-/m1/s1. The summed E-state index contributed by atoms with van der Waals surface area (Å²) in [5, 5.41) is 0. The summed E-state index contributed by atoms with van der Waals surface area (Å²) < 4.78 is 35.4. The van der Waals surface area contributed by atoms with Crippen LogP contribution in [0.3, 0.4) is 0 Å². The van der Waals surface area contributed by atoms with Crippen molar-refractivity contribution in [3.8, 4) is 0 Å². The molecule has 1 aliphatic heterocycles. The Morgan fingerprint density at radius 1 is 1.03 bits per heavy atom. The van der Waals surface area contributed by atoms with Gasteiger partial charge in [0.05, 0.1) is 16.4 Å². The predicted octanol–water partition coefficient (Wildman–Crippen LogP) is 4.62. The van der Waals surface area contributed by atoms with Crippen LogP contribution in [-0.4, -0.2) is 30.8 Å². The highest BCUT2D eigenvalue weighted by molar-refractivity contribution is 7.89. The Hall–Kier alpha value is -2.02. The van der Waals surface area contributed by atoms with Gasteiger partial charge in [0.1, 0.15) is 18.1 Å². The van der Waals surface area contributed by atoms with Gasteiger partial charge in [-0.1, -0.05) is 54.4 Å². The molecule has 2 aromatic rings. The highest BCUT2D eigenvalue weighted by Crippen LogP contribution is 2.48. The van der Waals surface area contributed by atoms with Crippen LogP contribution in [0, 0.1) is 12.3 Å². The number of Topliss-reactive ketones (excluding diaryl/α,β-unsaturated/α-hetero) is 1. The number of ether oxygens (including phenoxy) is 1. The van der Waals surface area contributed by atoms with Crippen LogP contribution in [0.5, 0.6) is 0 Å². The van der Waals surface area contributed by atoms with E-state index in [2.05, 4.69) is 0 Å². The van der Waals surface area contributed by atoms with E-state index in [0.29, 0.717) is 12.8 Å². The number of benzene rings is 2. The highest BCUT2D eigenvalue weighted by atomic mass is 32.2. The zero-order valence-electron chi connectivity index (χ0n) is 17.7. The summed E-state index contributed by atoms with van der Waals surface area (Å²) in [7, 11) is -3.85. The number of nitrogens with zero attached hydrogens (tertiary/aromatic N) is 1. The van der Waals surface area contributed by atoms with Gasteiger partial charge in [-0.05, 0) is 51.3 Å². The van der Waals surface area contributed by atoms with Crippen molar-refractivity contribution >= 4 is 15.8 Å². The molecule has 0 aromatic heterocycles. The Morgan fingerprint density at radius 3 is 2.33 bits per heavy atom. The minimum absolute atomic E-state index is 0.0868. The SMILES string of the molecule is Cc1ccc(S(=O)(=O)N2[C@H](C)[C@@H](c3ccccc3)O[C@@H]2[C@]2(C)CCCCC2=O)cc1. The first-order valence-corrected chi connectivity index (χ1v) is 12.0. The van der Waals surface area contributed by atoms with Crippen molar-refractivity contribution < 1.29 is 17.9 Å². The zero-order valence-corrected chi connectivity index (χ0v) is 18.6. The normalized spacial score (nSPS) is 30.5. The largest absolute Gasteiger partial charge is 0.351 e. The third-order valence-corrected chi connectivity index (χ3v) is 8.55. The Balaban J connectivity index is 1.81. The zero-order chi connectivity index (χ0) is 21.5. The van der Waals surface area contributed by atoms with E-state index in [1.54, 1.807) is 24.3 Å². The van der Waals surface area contributed by atoms with Crippen molar-refractivity contribution in [2.24, 2.45) is 5.41 Å². The first-order valence-electron chi connectivity index (χ1n) is 10.6. The van der Waals surface area contributed by atoms with Gasteiger partial charge in [0.2, 0.25) is 10.0 Å². The minimum Gasteiger partial charge on any atom is -0.351 e. The van der Waals surface area contributed by atoms with Crippen molar-refractivity contribution in [2.75, 3.05) is 0 Å². The van der Waals surface area contributed by atoms with Gasteiger partial charge < -0.3 is 4.74 Å². The summed E-state index contributed by atoms with van der Waals surface area (Å²) >= 11 is 0. The predicted molar refractivity (Wildman–Crippen MR) is 115 cm³/mol. The second-order valence-electron chi connectivity index (χ2n) is 8.76. The van der Waals surface area contributed by atoms with Gasteiger partial charge >= 0.3 is 0 Å². The van der Waals surface area contributed by atoms with E-state index in [-0.39, 0.29) is 10.7 Å². The van der Waals surface area contributed by atoms with Crippen molar-refractivity contribution in [1.29, 1.82) is 0 Å². The molecule has 2 aliphatic rings. The summed E-state index contributed by atoms with van der Waals surface area (Å²) in [6.07, 6.45) is 1.60. The topological polar surface area (TPSA) is 63.7 Å². The molecule has 0 spiro atoms. The number of carbonyl (C=O) groups excluding carboxylic acids is 1. The smallest absolute Gasteiger partial charge is 0.245 e. The molecule has 1 saturated carbocycles. The molecule has 0 bridgehead atoms. The van der Waals surface area contributed by atoms with Crippen LogP contribution < -0.4 is 0 Å². The van der Waals surface area contributed by atoms with Crippen LogP contribution in [0.15, 0.2) is 59.5 Å². The fourth-order valence-electron chi connectivity index (χ4n) is 4.73. The molecule has 160 valence electrons. The Bertz CT molecular complexity index is 1020. The van der Waals surface area contributed by atoms with Crippen LogP contribution in [0.4, 0.5) is 0 Å². The third-order valence-electron chi connectivity index (χ3n) is 6.60. The maximum absolute atomic E-state index is 13.8. The maximum Gasteiger partial charge on any atom is 0.245 e. The van der Waals surface area contributed by atoms with Gasteiger partial charge in [0, 0.05) is 6.42 Å². The number of sulfonamides is 1. The van der Waals surface area contributed by atoms with Gasteiger partial charge in [0.15, 0.2) is 0 Å². The van der Waals surface area contributed by atoms with E-state index in [0.717, 1.165) is 24.0 Å². The average molecular weight is 428 g/mol. The molecular weight excluding hydrogens is 398 g/mol. The van der Waals surface area contributed by atoms with E-state index < -0.39 is 33.8 Å². The quantitative estimate of drug-likeness (QED) is 0.714. The van der Waals surface area contributed by atoms with Crippen LogP contribution in [0.2, 0.25) is 0 Å². The van der Waals surface area contributed by atoms with Crippen molar-refractivity contribution in [3.05, 3.63) is 65.7 Å². The first-order chi connectivity index (χ1) is 14.2. The number of hydrogen-bond acceptors (Lipinski definition) is 4. The van der Waals surface area contributed by atoms with E-state index in [1.165, 1.54) is 4.31 Å². The van der Waals surface area contributed by atoms with Gasteiger partial charge in [-0.15, -0.1) is 0 Å². The summed E-state index contributed by atoms with van der Waals surface area (Å²) in [6, 6.07) is 16.1. The average Bonchev–Trinajstić information content (AvgIpc) is 3.10. The molecule has 4 atom stereocenters. The van der Waals surface area contributed by atoms with Crippen molar-refractivity contribution in [1.82, 2.24) is 4.31 Å². The van der Waals surface area contributed by atoms with E-state index in [1.807, 2.05) is 51.1 Å². The molecule has 1 heterocycles. The van der Waals surface area contributed by atoms with E-state index in [4.69, 9.17) is 4.74 Å². The molecule has 2 aromatic carbocycles. The van der Waals surface area contributed by atoms with E-state index >= 15 is 0 Å². The number of aryl methyl sites for hydroxylation is 1. The van der Waals surface area contributed by atoms with Gasteiger partial charge in [-0.25, -0.2) is 8.42 Å². The summed E-state index contributed by atoms with van der Waals surface area (Å²) in [5.41, 5.74) is 1.06. The fraction of sp³-hybridized carbons (Fsp3) is 0.458. The summed E-state index contributed by atoms with van der Waals surface area (Å²) in [6.45, 7) is 5.67. The molecular formula is C24H29NO4S. The summed E-state index contributed by atoms with van der Waals surface area (Å²) in [5.74, 6) is 0.0868. The molecule has 4 rings (SSSR count). The number of ketones is 1.